The van der Waals surface area contributed by atoms with E-state index in [9.17, 15) is 0 Å². The standard InChI is InChI=1S/C35H23N3/c1-3-13-24(14-4-1)26-17-7-10-20-30(26)38-31-21-11-8-18-27(31)29-23-33-34(36-35(29)38)28-19-9-12-22-32(28)37(33)25-15-5-2-6-16-25/h1-23H. The molecule has 5 aromatic carbocycles. The molecule has 8 aromatic rings. The fraction of sp³-hybridized carbons (Fsp3) is 0. The van der Waals surface area contributed by atoms with Crippen LogP contribution >= 0.6 is 0 Å². The monoisotopic (exact) mass is 485 g/mol. The summed E-state index contributed by atoms with van der Waals surface area (Å²) in [6.45, 7) is 0. The van der Waals surface area contributed by atoms with Gasteiger partial charge in [-0.1, -0.05) is 103 Å². The SMILES string of the molecule is c1ccc(-c2ccccc2-n2c3ccccc3c3cc4c(nc32)c2ccccc2n4-c2ccccc2)cc1. The Balaban J connectivity index is 1.54. The molecule has 3 heteroatoms. The summed E-state index contributed by atoms with van der Waals surface area (Å²) < 4.78 is 4.67. The van der Waals surface area contributed by atoms with Crippen LogP contribution in [-0.4, -0.2) is 14.1 Å². The van der Waals surface area contributed by atoms with E-state index in [1.165, 1.54) is 16.5 Å². The lowest BCUT2D eigenvalue weighted by atomic mass is 10.0. The van der Waals surface area contributed by atoms with E-state index in [2.05, 4.69) is 149 Å². The van der Waals surface area contributed by atoms with Gasteiger partial charge in [-0.05, 0) is 42.0 Å². The second-order valence-electron chi connectivity index (χ2n) is 9.65. The Morgan fingerprint density at radius 1 is 0.447 bits per heavy atom. The summed E-state index contributed by atoms with van der Waals surface area (Å²) in [5, 5.41) is 3.50. The molecular weight excluding hydrogens is 462 g/mol. The molecule has 0 aliphatic heterocycles. The van der Waals surface area contributed by atoms with Gasteiger partial charge in [-0.25, -0.2) is 4.98 Å². The van der Waals surface area contributed by atoms with Crippen molar-refractivity contribution in [2.75, 3.05) is 0 Å². The molecule has 0 unspecified atom stereocenters. The van der Waals surface area contributed by atoms with Crippen LogP contribution in [-0.2, 0) is 0 Å². The van der Waals surface area contributed by atoms with Gasteiger partial charge in [0.25, 0.3) is 0 Å². The molecule has 0 N–H and O–H groups in total. The second-order valence-corrected chi connectivity index (χ2v) is 9.65. The smallest absolute Gasteiger partial charge is 0.146 e. The molecule has 38 heavy (non-hydrogen) atoms. The Morgan fingerprint density at radius 2 is 1.05 bits per heavy atom. The first-order valence-electron chi connectivity index (χ1n) is 12.9. The van der Waals surface area contributed by atoms with E-state index in [0.29, 0.717) is 0 Å². The third-order valence-electron chi connectivity index (χ3n) is 7.51. The van der Waals surface area contributed by atoms with E-state index in [-0.39, 0.29) is 0 Å². The Morgan fingerprint density at radius 3 is 1.84 bits per heavy atom. The van der Waals surface area contributed by atoms with Gasteiger partial charge in [0, 0.05) is 27.4 Å². The lowest BCUT2D eigenvalue weighted by Crippen LogP contribution is -1.98. The molecule has 0 spiro atoms. The van der Waals surface area contributed by atoms with Gasteiger partial charge < -0.3 is 4.57 Å². The maximum absolute atomic E-state index is 5.44. The van der Waals surface area contributed by atoms with E-state index in [0.717, 1.165) is 49.9 Å². The fourth-order valence-electron chi connectivity index (χ4n) is 5.87. The summed E-state index contributed by atoms with van der Waals surface area (Å²) in [5.74, 6) is 0. The molecule has 3 heterocycles. The molecule has 0 amide bonds. The largest absolute Gasteiger partial charge is 0.308 e. The predicted molar refractivity (Wildman–Crippen MR) is 158 cm³/mol. The third kappa shape index (κ3) is 2.99. The number of benzene rings is 5. The van der Waals surface area contributed by atoms with Crippen LogP contribution < -0.4 is 0 Å². The first kappa shape index (κ1) is 21.0. The first-order chi connectivity index (χ1) is 18.9. The van der Waals surface area contributed by atoms with Crippen molar-refractivity contribution in [2.45, 2.75) is 0 Å². The summed E-state index contributed by atoms with van der Waals surface area (Å²) in [6.07, 6.45) is 0. The van der Waals surface area contributed by atoms with Crippen molar-refractivity contribution >= 4 is 43.9 Å². The number of rotatable bonds is 3. The molecule has 0 aliphatic rings. The minimum Gasteiger partial charge on any atom is -0.308 e. The molecule has 0 radical (unpaired) electrons. The van der Waals surface area contributed by atoms with Crippen molar-refractivity contribution in [3.05, 3.63) is 140 Å². The number of para-hydroxylation sites is 4. The minimum absolute atomic E-state index is 0.970. The predicted octanol–water partition coefficient (Wildman–Crippen LogP) is 8.94. The fourth-order valence-corrected chi connectivity index (χ4v) is 5.87. The summed E-state index contributed by atoms with van der Waals surface area (Å²) in [7, 11) is 0. The lowest BCUT2D eigenvalue weighted by Gasteiger charge is -2.13. The van der Waals surface area contributed by atoms with Gasteiger partial charge in [-0.2, -0.15) is 0 Å². The Bertz CT molecular complexity index is 2120. The van der Waals surface area contributed by atoms with E-state index < -0.39 is 0 Å². The quantitative estimate of drug-likeness (QED) is 0.245. The van der Waals surface area contributed by atoms with Crippen molar-refractivity contribution < 1.29 is 0 Å². The highest BCUT2D eigenvalue weighted by Gasteiger charge is 2.20. The van der Waals surface area contributed by atoms with Crippen LogP contribution in [0.3, 0.4) is 0 Å². The summed E-state index contributed by atoms with van der Waals surface area (Å²) in [4.78, 5) is 5.44. The van der Waals surface area contributed by atoms with E-state index >= 15 is 0 Å². The molecule has 0 saturated carbocycles. The van der Waals surface area contributed by atoms with Gasteiger partial charge in [-0.15, -0.1) is 0 Å². The van der Waals surface area contributed by atoms with Crippen molar-refractivity contribution in [1.29, 1.82) is 0 Å². The molecule has 3 nitrogen and oxygen atoms in total. The number of pyridine rings is 1. The first-order valence-corrected chi connectivity index (χ1v) is 12.9. The zero-order valence-electron chi connectivity index (χ0n) is 20.6. The Labute approximate surface area is 219 Å². The van der Waals surface area contributed by atoms with Crippen LogP contribution in [0.15, 0.2) is 140 Å². The van der Waals surface area contributed by atoms with E-state index in [1.54, 1.807) is 0 Å². The van der Waals surface area contributed by atoms with Gasteiger partial charge >= 0.3 is 0 Å². The molecular formula is C35H23N3. The molecule has 0 fully saturated rings. The third-order valence-corrected chi connectivity index (χ3v) is 7.51. The van der Waals surface area contributed by atoms with Crippen molar-refractivity contribution in [2.24, 2.45) is 0 Å². The Hall–Kier alpha value is -5.15. The van der Waals surface area contributed by atoms with Gasteiger partial charge in [0.2, 0.25) is 0 Å². The van der Waals surface area contributed by atoms with Gasteiger partial charge in [0.05, 0.1) is 27.8 Å². The molecule has 0 aliphatic carbocycles. The average Bonchev–Trinajstić information content (AvgIpc) is 3.49. The molecule has 178 valence electrons. The summed E-state index contributed by atoms with van der Waals surface area (Å²) in [5.41, 5.74) is 10.1. The number of hydrogen-bond donors (Lipinski definition) is 0. The highest BCUT2D eigenvalue weighted by Crippen LogP contribution is 2.39. The summed E-state index contributed by atoms with van der Waals surface area (Å²) >= 11 is 0. The zero-order chi connectivity index (χ0) is 25.1. The van der Waals surface area contributed by atoms with E-state index in [4.69, 9.17) is 4.98 Å². The maximum atomic E-state index is 5.44. The number of fused-ring (bicyclic) bond motifs is 6. The lowest BCUT2D eigenvalue weighted by molar-refractivity contribution is 1.14. The molecule has 0 bridgehead atoms. The van der Waals surface area contributed by atoms with Crippen LogP contribution in [0.4, 0.5) is 0 Å². The highest BCUT2D eigenvalue weighted by molar-refractivity contribution is 6.16. The van der Waals surface area contributed by atoms with Crippen LogP contribution in [0, 0.1) is 0 Å². The topological polar surface area (TPSA) is 22.8 Å². The molecule has 0 atom stereocenters. The Kier molecular flexibility index (Phi) is 4.52. The molecule has 3 aromatic heterocycles. The van der Waals surface area contributed by atoms with E-state index in [1.807, 2.05) is 0 Å². The van der Waals surface area contributed by atoms with Crippen LogP contribution in [0.25, 0.3) is 66.4 Å². The van der Waals surface area contributed by atoms with Crippen molar-refractivity contribution in [1.82, 2.24) is 14.1 Å². The van der Waals surface area contributed by atoms with Crippen LogP contribution in [0.5, 0.6) is 0 Å². The second kappa shape index (κ2) is 8.19. The van der Waals surface area contributed by atoms with Crippen LogP contribution in [0.1, 0.15) is 0 Å². The zero-order valence-corrected chi connectivity index (χ0v) is 20.6. The van der Waals surface area contributed by atoms with Gasteiger partial charge in [0.1, 0.15) is 5.65 Å². The van der Waals surface area contributed by atoms with Crippen LogP contribution in [0.2, 0.25) is 0 Å². The minimum atomic E-state index is 0.970. The molecule has 8 rings (SSSR count). The van der Waals surface area contributed by atoms with Crippen molar-refractivity contribution in [3.63, 3.8) is 0 Å². The van der Waals surface area contributed by atoms with Gasteiger partial charge in [-0.3, -0.25) is 4.57 Å². The number of aromatic nitrogens is 3. The average molecular weight is 486 g/mol. The molecule has 0 saturated heterocycles. The number of nitrogens with zero attached hydrogens (tertiary/aromatic N) is 3. The number of hydrogen-bond acceptors (Lipinski definition) is 1. The normalized spacial score (nSPS) is 11.7. The van der Waals surface area contributed by atoms with Gasteiger partial charge in [0.15, 0.2) is 0 Å². The highest BCUT2D eigenvalue weighted by atomic mass is 15.1. The van der Waals surface area contributed by atoms with Crippen molar-refractivity contribution in [3.8, 4) is 22.5 Å². The maximum Gasteiger partial charge on any atom is 0.146 e. The summed E-state index contributed by atoms with van der Waals surface area (Å²) in [6, 6.07) is 49.3.